The minimum absolute atomic E-state index is 0. The molecule has 5 nitrogen and oxygen atoms in total. The Labute approximate surface area is 162 Å². The van der Waals surface area contributed by atoms with Crippen LogP contribution in [0.4, 0.5) is 5.69 Å². The van der Waals surface area contributed by atoms with Crippen molar-refractivity contribution in [1.82, 2.24) is 10.2 Å². The summed E-state index contributed by atoms with van der Waals surface area (Å²) < 4.78 is 0. The molecule has 0 spiro atoms. The molecular formula is C20H30ClN3O2. The summed E-state index contributed by atoms with van der Waals surface area (Å²) in [5.41, 5.74) is 1.21. The monoisotopic (exact) mass is 379 g/mol. The first-order valence-corrected chi connectivity index (χ1v) is 9.45. The first kappa shape index (κ1) is 20.7. The predicted octanol–water partition coefficient (Wildman–Crippen LogP) is 3.31. The maximum atomic E-state index is 13.0. The van der Waals surface area contributed by atoms with Gasteiger partial charge in [0.1, 0.15) is 0 Å². The molecule has 1 saturated heterocycles. The zero-order valence-corrected chi connectivity index (χ0v) is 16.5. The number of carbonyl (C=O) groups excluding carboxylic acids is 2. The van der Waals surface area contributed by atoms with Crippen molar-refractivity contribution >= 4 is 29.9 Å². The zero-order valence-electron chi connectivity index (χ0n) is 15.7. The van der Waals surface area contributed by atoms with Crippen molar-refractivity contribution < 1.29 is 9.59 Å². The molecule has 0 radical (unpaired) electrons. The highest BCUT2D eigenvalue weighted by Gasteiger charge is 2.30. The van der Waals surface area contributed by atoms with Gasteiger partial charge in [0.05, 0.1) is 11.3 Å². The minimum atomic E-state index is -0.0551. The van der Waals surface area contributed by atoms with Gasteiger partial charge in [-0.05, 0) is 44.0 Å². The third kappa shape index (κ3) is 4.57. The number of amides is 2. The van der Waals surface area contributed by atoms with Gasteiger partial charge in [-0.2, -0.15) is 0 Å². The van der Waals surface area contributed by atoms with Gasteiger partial charge in [0, 0.05) is 19.0 Å². The minimum Gasteiger partial charge on any atom is -0.339 e. The Kier molecular flexibility index (Phi) is 7.47. The van der Waals surface area contributed by atoms with Crippen molar-refractivity contribution in [2.75, 3.05) is 25.5 Å². The highest BCUT2D eigenvalue weighted by Crippen LogP contribution is 2.26. The standard InChI is InChI=1S/C20H29N3O2.ClH/c1-14(15-12-21-13-15)19(24)22-18-11-7-6-10-17(18)20(25)23(2)16-8-4-3-5-9-16;/h6-7,10-11,14-16,21H,3-5,8-9,12-13H2,1-2H3,(H,22,24);1H. The third-order valence-electron chi connectivity index (χ3n) is 5.79. The molecule has 2 N–H and O–H groups in total. The first-order valence-electron chi connectivity index (χ1n) is 9.45. The van der Waals surface area contributed by atoms with Crippen molar-refractivity contribution in [2.45, 2.75) is 45.1 Å². The van der Waals surface area contributed by atoms with Crippen LogP contribution in [0, 0.1) is 11.8 Å². The van der Waals surface area contributed by atoms with Crippen LogP contribution in [-0.4, -0.2) is 42.9 Å². The van der Waals surface area contributed by atoms with Crippen LogP contribution in [-0.2, 0) is 4.79 Å². The molecule has 1 aromatic carbocycles. The molecule has 2 aliphatic rings. The van der Waals surface area contributed by atoms with E-state index in [4.69, 9.17) is 0 Å². The second-order valence-electron chi connectivity index (χ2n) is 7.45. The molecule has 2 fully saturated rings. The molecule has 0 aromatic heterocycles. The number of anilines is 1. The summed E-state index contributed by atoms with van der Waals surface area (Å²) in [7, 11) is 1.89. The molecule has 2 amide bonds. The van der Waals surface area contributed by atoms with Crippen LogP contribution in [0.3, 0.4) is 0 Å². The van der Waals surface area contributed by atoms with Crippen LogP contribution in [0.1, 0.15) is 49.4 Å². The van der Waals surface area contributed by atoms with E-state index >= 15 is 0 Å². The maximum absolute atomic E-state index is 13.0. The molecule has 1 aromatic rings. The third-order valence-corrected chi connectivity index (χ3v) is 5.79. The zero-order chi connectivity index (χ0) is 17.8. The van der Waals surface area contributed by atoms with E-state index < -0.39 is 0 Å². The molecule has 1 aliphatic carbocycles. The van der Waals surface area contributed by atoms with Gasteiger partial charge in [-0.25, -0.2) is 0 Å². The van der Waals surface area contributed by atoms with E-state index in [1.807, 2.05) is 43.1 Å². The Bertz CT molecular complexity index is 627. The van der Waals surface area contributed by atoms with Crippen molar-refractivity contribution in [2.24, 2.45) is 11.8 Å². The number of nitrogens with one attached hydrogen (secondary N) is 2. The highest BCUT2D eigenvalue weighted by molar-refractivity contribution is 6.04. The lowest BCUT2D eigenvalue weighted by Gasteiger charge is -2.33. The van der Waals surface area contributed by atoms with E-state index in [0.29, 0.717) is 23.2 Å². The molecule has 1 heterocycles. The molecule has 1 unspecified atom stereocenters. The number of rotatable bonds is 5. The number of benzene rings is 1. The van der Waals surface area contributed by atoms with Crippen molar-refractivity contribution in [3.63, 3.8) is 0 Å². The summed E-state index contributed by atoms with van der Waals surface area (Å²) in [6.07, 6.45) is 5.78. The van der Waals surface area contributed by atoms with Crippen molar-refractivity contribution in [3.05, 3.63) is 29.8 Å². The van der Waals surface area contributed by atoms with Gasteiger partial charge in [0.2, 0.25) is 5.91 Å². The summed E-state index contributed by atoms with van der Waals surface area (Å²) >= 11 is 0. The summed E-state index contributed by atoms with van der Waals surface area (Å²) in [4.78, 5) is 27.4. The summed E-state index contributed by atoms with van der Waals surface area (Å²) in [6.45, 7) is 3.73. The summed E-state index contributed by atoms with van der Waals surface area (Å²) in [5, 5.41) is 6.18. The van der Waals surface area contributed by atoms with Gasteiger partial charge < -0.3 is 15.5 Å². The van der Waals surface area contributed by atoms with Gasteiger partial charge in [0.25, 0.3) is 5.91 Å². The van der Waals surface area contributed by atoms with Crippen molar-refractivity contribution in [1.29, 1.82) is 0 Å². The van der Waals surface area contributed by atoms with Gasteiger partial charge >= 0.3 is 0 Å². The van der Waals surface area contributed by atoms with Gasteiger partial charge in [-0.3, -0.25) is 9.59 Å². The lowest BCUT2D eigenvalue weighted by atomic mass is 9.88. The van der Waals surface area contributed by atoms with Crippen LogP contribution in [0.2, 0.25) is 0 Å². The Morgan fingerprint density at radius 3 is 2.42 bits per heavy atom. The topological polar surface area (TPSA) is 61.4 Å². The molecule has 1 aliphatic heterocycles. The lowest BCUT2D eigenvalue weighted by molar-refractivity contribution is -0.121. The van der Waals surface area contributed by atoms with Gasteiger partial charge in [0.15, 0.2) is 0 Å². The highest BCUT2D eigenvalue weighted by atomic mass is 35.5. The molecule has 0 bridgehead atoms. The molecule has 1 saturated carbocycles. The number of nitrogens with zero attached hydrogens (tertiary/aromatic N) is 1. The molecule has 144 valence electrons. The largest absolute Gasteiger partial charge is 0.339 e. The lowest BCUT2D eigenvalue weighted by Crippen LogP contribution is -2.48. The van der Waals surface area contributed by atoms with Crippen LogP contribution in [0.25, 0.3) is 0 Å². The summed E-state index contributed by atoms with van der Waals surface area (Å²) in [6, 6.07) is 7.67. The number of hydrogen-bond donors (Lipinski definition) is 2. The number of halogens is 1. The Balaban J connectivity index is 0.00000243. The average Bonchev–Trinajstić information content (AvgIpc) is 2.60. The van der Waals surface area contributed by atoms with E-state index in [9.17, 15) is 9.59 Å². The fourth-order valence-electron chi connectivity index (χ4n) is 3.73. The maximum Gasteiger partial charge on any atom is 0.255 e. The smallest absolute Gasteiger partial charge is 0.255 e. The Morgan fingerprint density at radius 1 is 1.15 bits per heavy atom. The van der Waals surface area contributed by atoms with E-state index in [0.717, 1.165) is 25.9 Å². The first-order chi connectivity index (χ1) is 12.1. The van der Waals surface area contributed by atoms with E-state index in [1.165, 1.54) is 19.3 Å². The normalized spacial score (nSPS) is 19.0. The van der Waals surface area contributed by atoms with Gasteiger partial charge in [-0.1, -0.05) is 38.3 Å². The van der Waals surface area contributed by atoms with E-state index in [1.54, 1.807) is 0 Å². The number of hydrogen-bond acceptors (Lipinski definition) is 3. The quantitative estimate of drug-likeness (QED) is 0.825. The fourth-order valence-corrected chi connectivity index (χ4v) is 3.73. The average molecular weight is 380 g/mol. The van der Waals surface area contributed by atoms with E-state index in [2.05, 4.69) is 10.6 Å². The summed E-state index contributed by atoms with van der Waals surface area (Å²) in [5.74, 6) is 0.320. The predicted molar refractivity (Wildman–Crippen MR) is 107 cm³/mol. The molecule has 1 atom stereocenters. The molecular weight excluding hydrogens is 350 g/mol. The molecule has 26 heavy (non-hydrogen) atoms. The van der Waals surface area contributed by atoms with Gasteiger partial charge in [-0.15, -0.1) is 12.4 Å². The van der Waals surface area contributed by atoms with E-state index in [-0.39, 0.29) is 30.1 Å². The van der Waals surface area contributed by atoms with Crippen LogP contribution in [0.15, 0.2) is 24.3 Å². The number of para-hydroxylation sites is 1. The number of carbonyl (C=O) groups is 2. The van der Waals surface area contributed by atoms with Crippen LogP contribution in [0.5, 0.6) is 0 Å². The van der Waals surface area contributed by atoms with Crippen LogP contribution >= 0.6 is 12.4 Å². The van der Waals surface area contributed by atoms with Crippen molar-refractivity contribution in [3.8, 4) is 0 Å². The second kappa shape index (κ2) is 9.38. The molecule has 3 rings (SSSR count). The SMILES string of the molecule is CC(C(=O)Nc1ccccc1C(=O)N(C)C1CCCCC1)C1CNC1.Cl. The fraction of sp³-hybridized carbons (Fsp3) is 0.600. The van der Waals surface area contributed by atoms with Crippen LogP contribution < -0.4 is 10.6 Å². The second-order valence-corrected chi connectivity index (χ2v) is 7.45. The Hall–Kier alpha value is -1.59. The molecule has 6 heteroatoms. The Morgan fingerprint density at radius 2 is 1.81 bits per heavy atom.